The lowest BCUT2D eigenvalue weighted by Gasteiger charge is -2.02. The number of amides is 2. The van der Waals surface area contributed by atoms with E-state index in [1.165, 1.54) is 37.4 Å². The molecule has 0 fully saturated rings. The quantitative estimate of drug-likeness (QED) is 0.596. The van der Waals surface area contributed by atoms with Crippen molar-refractivity contribution in [3.05, 3.63) is 59.7 Å². The number of rotatable bonds is 4. The number of nitrogens with zero attached hydrogens (tertiary/aromatic N) is 1. The van der Waals surface area contributed by atoms with Crippen LogP contribution in [-0.2, 0) is 4.79 Å². The van der Waals surface area contributed by atoms with Gasteiger partial charge in [0.25, 0.3) is 5.91 Å². The van der Waals surface area contributed by atoms with Gasteiger partial charge in [0.1, 0.15) is 5.75 Å². The molecule has 0 bridgehead atoms. The smallest absolute Gasteiger partial charge is 0.271 e. The Labute approximate surface area is 127 Å². The molecule has 0 aromatic heterocycles. The van der Waals surface area contributed by atoms with E-state index >= 15 is 0 Å². The van der Waals surface area contributed by atoms with Crippen molar-refractivity contribution in [2.75, 3.05) is 5.32 Å². The van der Waals surface area contributed by atoms with Crippen molar-refractivity contribution in [3.8, 4) is 5.75 Å². The van der Waals surface area contributed by atoms with E-state index in [0.29, 0.717) is 11.3 Å². The fourth-order valence-corrected chi connectivity index (χ4v) is 1.70. The zero-order valence-corrected chi connectivity index (χ0v) is 11.9. The van der Waals surface area contributed by atoms with Crippen molar-refractivity contribution in [1.82, 2.24) is 5.43 Å². The van der Waals surface area contributed by atoms with Crippen LogP contribution in [0, 0.1) is 0 Å². The van der Waals surface area contributed by atoms with Crippen LogP contribution in [0.5, 0.6) is 5.75 Å². The van der Waals surface area contributed by atoms with Crippen LogP contribution in [0.25, 0.3) is 0 Å². The SMILES string of the molecule is CC(=O)Nc1ccc(/C=N\NC(=O)c2ccc(O)cc2)cc1. The topological polar surface area (TPSA) is 90.8 Å². The number of carbonyl (C=O) groups excluding carboxylic acids is 2. The molecule has 2 aromatic rings. The average molecular weight is 297 g/mol. The van der Waals surface area contributed by atoms with Gasteiger partial charge in [-0.1, -0.05) is 12.1 Å². The number of hydrogen-bond donors (Lipinski definition) is 3. The number of aromatic hydroxyl groups is 1. The molecule has 2 aromatic carbocycles. The largest absolute Gasteiger partial charge is 0.508 e. The first-order valence-corrected chi connectivity index (χ1v) is 6.55. The minimum Gasteiger partial charge on any atom is -0.508 e. The summed E-state index contributed by atoms with van der Waals surface area (Å²) in [7, 11) is 0. The average Bonchev–Trinajstić information content (AvgIpc) is 2.49. The number of anilines is 1. The lowest BCUT2D eigenvalue weighted by Crippen LogP contribution is -2.17. The molecule has 0 aliphatic heterocycles. The summed E-state index contributed by atoms with van der Waals surface area (Å²) in [4.78, 5) is 22.7. The summed E-state index contributed by atoms with van der Waals surface area (Å²) in [5.41, 5.74) is 4.26. The van der Waals surface area contributed by atoms with Gasteiger partial charge in [0.15, 0.2) is 0 Å². The maximum absolute atomic E-state index is 11.8. The zero-order valence-electron chi connectivity index (χ0n) is 11.9. The predicted molar refractivity (Wildman–Crippen MR) is 83.9 cm³/mol. The summed E-state index contributed by atoms with van der Waals surface area (Å²) in [6.45, 7) is 1.44. The summed E-state index contributed by atoms with van der Waals surface area (Å²) in [5, 5.41) is 15.7. The lowest BCUT2D eigenvalue weighted by atomic mass is 10.2. The number of phenolic OH excluding ortho intramolecular Hbond substituents is 1. The van der Waals surface area contributed by atoms with Gasteiger partial charge in [-0.3, -0.25) is 9.59 Å². The molecule has 0 unspecified atom stereocenters. The third-order valence-electron chi connectivity index (χ3n) is 2.74. The molecule has 2 rings (SSSR count). The van der Waals surface area contributed by atoms with E-state index in [1.807, 2.05) is 0 Å². The molecule has 0 saturated heterocycles. The zero-order chi connectivity index (χ0) is 15.9. The van der Waals surface area contributed by atoms with Gasteiger partial charge in [0.2, 0.25) is 5.91 Å². The first-order valence-electron chi connectivity index (χ1n) is 6.55. The molecule has 0 heterocycles. The van der Waals surface area contributed by atoms with Crippen molar-refractivity contribution in [1.29, 1.82) is 0 Å². The molecule has 0 atom stereocenters. The van der Waals surface area contributed by atoms with Gasteiger partial charge in [-0.05, 0) is 42.0 Å². The van der Waals surface area contributed by atoms with Crippen LogP contribution >= 0.6 is 0 Å². The number of nitrogens with one attached hydrogen (secondary N) is 2. The highest BCUT2D eigenvalue weighted by Gasteiger charge is 2.03. The van der Waals surface area contributed by atoms with Crippen molar-refractivity contribution in [3.63, 3.8) is 0 Å². The molecule has 0 radical (unpaired) electrons. The Bertz CT molecular complexity index is 692. The van der Waals surface area contributed by atoms with E-state index in [4.69, 9.17) is 5.11 Å². The van der Waals surface area contributed by atoms with Crippen molar-refractivity contribution < 1.29 is 14.7 Å². The van der Waals surface area contributed by atoms with Crippen LogP contribution in [0.15, 0.2) is 53.6 Å². The second-order valence-electron chi connectivity index (χ2n) is 4.55. The molecule has 3 N–H and O–H groups in total. The van der Waals surface area contributed by atoms with Crippen LogP contribution in [0.2, 0.25) is 0 Å². The van der Waals surface area contributed by atoms with Crippen LogP contribution in [0.1, 0.15) is 22.8 Å². The van der Waals surface area contributed by atoms with Crippen LogP contribution in [0.3, 0.4) is 0 Å². The van der Waals surface area contributed by atoms with Gasteiger partial charge in [-0.2, -0.15) is 5.10 Å². The Kier molecular flexibility index (Phi) is 4.87. The summed E-state index contributed by atoms with van der Waals surface area (Å²) >= 11 is 0. The highest BCUT2D eigenvalue weighted by atomic mass is 16.3. The summed E-state index contributed by atoms with van der Waals surface area (Å²) in [6, 6.07) is 12.9. The first kappa shape index (κ1) is 15.2. The third kappa shape index (κ3) is 4.45. The maximum Gasteiger partial charge on any atom is 0.271 e. The summed E-state index contributed by atoms with van der Waals surface area (Å²) in [6.07, 6.45) is 1.50. The van der Waals surface area contributed by atoms with Crippen molar-refractivity contribution in [2.45, 2.75) is 6.92 Å². The number of benzene rings is 2. The maximum atomic E-state index is 11.8. The first-order chi connectivity index (χ1) is 10.5. The van der Waals surface area contributed by atoms with E-state index in [9.17, 15) is 9.59 Å². The molecule has 0 spiro atoms. The Morgan fingerprint density at radius 2 is 1.68 bits per heavy atom. The van der Waals surface area contributed by atoms with E-state index in [2.05, 4.69) is 15.8 Å². The number of phenols is 1. The lowest BCUT2D eigenvalue weighted by molar-refractivity contribution is -0.114. The van der Waals surface area contributed by atoms with Gasteiger partial charge in [-0.25, -0.2) is 5.43 Å². The Balaban J connectivity index is 1.93. The van der Waals surface area contributed by atoms with Crippen LogP contribution in [-0.4, -0.2) is 23.1 Å². The van der Waals surface area contributed by atoms with Gasteiger partial charge in [0, 0.05) is 18.2 Å². The summed E-state index contributed by atoms with van der Waals surface area (Å²) in [5.74, 6) is -0.409. The monoisotopic (exact) mass is 297 g/mol. The standard InChI is InChI=1S/C16H15N3O3/c1-11(20)18-14-6-2-12(3-7-14)10-17-19-16(22)13-4-8-15(21)9-5-13/h2-10,21H,1H3,(H,18,20)(H,19,22)/b17-10-. The second-order valence-corrected chi connectivity index (χ2v) is 4.55. The van der Waals surface area contributed by atoms with Gasteiger partial charge < -0.3 is 10.4 Å². The number of hydrazone groups is 1. The second kappa shape index (κ2) is 7.03. The Hall–Kier alpha value is -3.15. The van der Waals surface area contributed by atoms with Crippen LogP contribution in [0.4, 0.5) is 5.69 Å². The molecule has 6 nitrogen and oxygen atoms in total. The Morgan fingerprint density at radius 3 is 2.27 bits per heavy atom. The molecular weight excluding hydrogens is 282 g/mol. The molecule has 22 heavy (non-hydrogen) atoms. The Morgan fingerprint density at radius 1 is 1.05 bits per heavy atom. The van der Waals surface area contributed by atoms with Crippen molar-refractivity contribution >= 4 is 23.7 Å². The highest BCUT2D eigenvalue weighted by Crippen LogP contribution is 2.10. The van der Waals surface area contributed by atoms with Gasteiger partial charge >= 0.3 is 0 Å². The molecule has 0 aliphatic carbocycles. The fourth-order valence-electron chi connectivity index (χ4n) is 1.70. The normalized spacial score (nSPS) is 10.4. The molecule has 0 aliphatic rings. The van der Waals surface area contributed by atoms with Crippen LogP contribution < -0.4 is 10.7 Å². The molecular formula is C16H15N3O3. The molecule has 6 heteroatoms. The number of hydrogen-bond acceptors (Lipinski definition) is 4. The van der Waals surface area contributed by atoms with E-state index in [0.717, 1.165) is 5.56 Å². The minimum absolute atomic E-state index is 0.0966. The minimum atomic E-state index is -0.369. The van der Waals surface area contributed by atoms with E-state index in [-0.39, 0.29) is 17.6 Å². The van der Waals surface area contributed by atoms with Gasteiger partial charge in [-0.15, -0.1) is 0 Å². The molecule has 0 saturated carbocycles. The number of carbonyl (C=O) groups is 2. The third-order valence-corrected chi connectivity index (χ3v) is 2.74. The summed E-state index contributed by atoms with van der Waals surface area (Å²) < 4.78 is 0. The fraction of sp³-hybridized carbons (Fsp3) is 0.0625. The highest BCUT2D eigenvalue weighted by molar-refractivity contribution is 5.95. The van der Waals surface area contributed by atoms with E-state index < -0.39 is 0 Å². The van der Waals surface area contributed by atoms with E-state index in [1.54, 1.807) is 24.3 Å². The van der Waals surface area contributed by atoms with Crippen molar-refractivity contribution in [2.24, 2.45) is 5.10 Å². The molecule has 2 amide bonds. The predicted octanol–water partition coefficient (Wildman–Crippen LogP) is 2.11. The van der Waals surface area contributed by atoms with Gasteiger partial charge in [0.05, 0.1) is 6.21 Å². The molecule has 112 valence electrons.